The summed E-state index contributed by atoms with van der Waals surface area (Å²) in [5, 5.41) is 32.3. The number of ketones is 2. The van der Waals surface area contributed by atoms with Crippen molar-refractivity contribution >= 4 is 17.5 Å². The Bertz CT molecular complexity index is 1070. The molecule has 0 amide bonds. The summed E-state index contributed by atoms with van der Waals surface area (Å²) in [6.45, 7) is 4.61. The Balaban J connectivity index is 1.55. The lowest BCUT2D eigenvalue weighted by molar-refractivity contribution is -0.232. The van der Waals surface area contributed by atoms with Crippen molar-refractivity contribution in [2.75, 3.05) is 6.61 Å². The van der Waals surface area contributed by atoms with Crippen molar-refractivity contribution in [3.63, 3.8) is 0 Å². The lowest BCUT2D eigenvalue weighted by Gasteiger charge is -2.62. The van der Waals surface area contributed by atoms with Crippen LogP contribution in [0, 0.1) is 22.7 Å². The van der Waals surface area contributed by atoms with Gasteiger partial charge in [-0.25, -0.2) is 4.39 Å². The summed E-state index contributed by atoms with van der Waals surface area (Å²) < 4.78 is 24.0. The summed E-state index contributed by atoms with van der Waals surface area (Å²) in [4.78, 5) is 38.3. The van der Waals surface area contributed by atoms with Crippen molar-refractivity contribution in [3.05, 3.63) is 23.8 Å². The number of unbranched alkanes of at least 4 members (excludes halogenated alkanes) is 8. The molecule has 0 bridgehead atoms. The first kappa shape index (κ1) is 32.0. The van der Waals surface area contributed by atoms with Crippen molar-refractivity contribution in [3.8, 4) is 0 Å². The summed E-state index contributed by atoms with van der Waals surface area (Å²) in [7, 11) is 0. The maximum absolute atomic E-state index is 18.0. The molecule has 0 aromatic heterocycles. The third-order valence-electron chi connectivity index (χ3n) is 11.2. The van der Waals surface area contributed by atoms with Gasteiger partial charge in [-0.3, -0.25) is 14.4 Å². The van der Waals surface area contributed by atoms with E-state index in [4.69, 9.17) is 4.74 Å². The minimum Gasteiger partial charge on any atom is -0.459 e. The van der Waals surface area contributed by atoms with E-state index in [1.54, 1.807) is 19.9 Å². The maximum atomic E-state index is 18.0. The predicted molar refractivity (Wildman–Crippen MR) is 153 cm³/mol. The second-order valence-corrected chi connectivity index (χ2v) is 13.4. The molecule has 3 fully saturated rings. The number of allylic oxidation sites excluding steroid dienone is 4. The second kappa shape index (κ2) is 12.4. The number of rotatable bonds is 13. The molecule has 0 heterocycles. The molecule has 4 rings (SSSR count). The van der Waals surface area contributed by atoms with Crippen LogP contribution in [0.3, 0.4) is 0 Å². The van der Waals surface area contributed by atoms with Crippen LogP contribution in [-0.2, 0) is 19.1 Å². The number of aliphatic hydroxyl groups is 3. The average Bonchev–Trinajstić information content (AvgIpc) is 3.14. The number of halogens is 1. The minimum absolute atomic E-state index is 0.00798. The molecule has 230 valence electrons. The third-order valence-corrected chi connectivity index (χ3v) is 11.2. The van der Waals surface area contributed by atoms with Gasteiger partial charge in [0.1, 0.15) is 12.7 Å². The van der Waals surface area contributed by atoms with E-state index in [9.17, 15) is 29.7 Å². The monoisotopic (exact) mass is 576 g/mol. The van der Waals surface area contributed by atoms with E-state index in [2.05, 4.69) is 6.92 Å². The highest BCUT2D eigenvalue weighted by Crippen LogP contribution is 2.70. The summed E-state index contributed by atoms with van der Waals surface area (Å²) in [5.41, 5.74) is -6.29. The molecule has 0 saturated heterocycles. The Morgan fingerprint density at radius 2 is 1.68 bits per heavy atom. The topological polar surface area (TPSA) is 121 Å². The molecular weight excluding hydrogens is 527 g/mol. The van der Waals surface area contributed by atoms with Crippen molar-refractivity contribution in [1.29, 1.82) is 0 Å². The fourth-order valence-electron chi connectivity index (χ4n) is 8.74. The van der Waals surface area contributed by atoms with Gasteiger partial charge in [-0.1, -0.05) is 76.9 Å². The fraction of sp³-hybridized carbons (Fsp3) is 0.788. The van der Waals surface area contributed by atoms with E-state index in [0.29, 0.717) is 24.8 Å². The molecule has 7 nitrogen and oxygen atoms in total. The van der Waals surface area contributed by atoms with E-state index in [1.165, 1.54) is 44.3 Å². The summed E-state index contributed by atoms with van der Waals surface area (Å²) >= 11 is 0. The SMILES string of the molecule is CCCCCCCCCCCC(=O)O[C@H]1C[C@@]2(C)[C@@H](C[C@@H](O)[C@]2(O)C(=O)CO)[C@@H]2CCC3=CC(=O)C=C[C@]3(C)[C@@]12F. The van der Waals surface area contributed by atoms with Crippen molar-refractivity contribution in [2.24, 2.45) is 22.7 Å². The first-order valence-corrected chi connectivity index (χ1v) is 15.8. The zero-order valence-electron chi connectivity index (χ0n) is 25.0. The molecule has 3 saturated carbocycles. The molecule has 41 heavy (non-hydrogen) atoms. The van der Waals surface area contributed by atoms with Gasteiger partial charge in [-0.15, -0.1) is 0 Å². The summed E-state index contributed by atoms with van der Waals surface area (Å²) in [6.07, 6.45) is 12.1. The largest absolute Gasteiger partial charge is 0.459 e. The van der Waals surface area contributed by atoms with Crippen LogP contribution in [0.25, 0.3) is 0 Å². The quantitative estimate of drug-likeness (QED) is 0.206. The zero-order valence-corrected chi connectivity index (χ0v) is 25.0. The number of alkyl halides is 1. The molecule has 0 aliphatic heterocycles. The van der Waals surface area contributed by atoms with Gasteiger partial charge < -0.3 is 20.1 Å². The van der Waals surface area contributed by atoms with E-state index >= 15 is 4.39 Å². The summed E-state index contributed by atoms with van der Waals surface area (Å²) in [6, 6.07) is 0. The van der Waals surface area contributed by atoms with Gasteiger partial charge in [0, 0.05) is 23.2 Å². The van der Waals surface area contributed by atoms with E-state index in [1.807, 2.05) is 0 Å². The first-order valence-electron chi connectivity index (χ1n) is 15.8. The van der Waals surface area contributed by atoms with Crippen molar-refractivity contribution in [2.45, 2.75) is 134 Å². The van der Waals surface area contributed by atoms with Crippen molar-refractivity contribution in [1.82, 2.24) is 0 Å². The molecule has 0 radical (unpaired) electrons. The molecule has 4 aliphatic rings. The van der Waals surface area contributed by atoms with Gasteiger partial charge >= 0.3 is 5.97 Å². The normalized spacial score (nSPS) is 39.5. The van der Waals surface area contributed by atoms with Crippen LogP contribution in [0.15, 0.2) is 23.8 Å². The van der Waals surface area contributed by atoms with E-state index in [0.717, 1.165) is 19.3 Å². The molecule has 8 heteroatoms. The molecule has 3 N–H and O–H groups in total. The van der Waals surface area contributed by atoms with Crippen LogP contribution in [0.1, 0.15) is 111 Å². The third kappa shape index (κ3) is 5.27. The number of fused-ring (bicyclic) bond motifs is 5. The number of hydrogen-bond acceptors (Lipinski definition) is 7. The lowest BCUT2D eigenvalue weighted by Crippen LogP contribution is -2.70. The Hall–Kier alpha value is -1.90. The number of Topliss-reactive ketones (excluding diaryl/α,β-unsaturated/α-hetero) is 1. The Kier molecular flexibility index (Phi) is 9.66. The van der Waals surface area contributed by atoms with Crippen LogP contribution in [-0.4, -0.2) is 62.9 Å². The predicted octanol–water partition coefficient (Wildman–Crippen LogP) is 5.09. The molecule has 0 aromatic carbocycles. The lowest BCUT2D eigenvalue weighted by atomic mass is 9.44. The van der Waals surface area contributed by atoms with Crippen LogP contribution < -0.4 is 0 Å². The zero-order chi connectivity index (χ0) is 30.1. The number of esters is 1. The molecule has 4 aliphatic carbocycles. The van der Waals surface area contributed by atoms with E-state index in [-0.39, 0.29) is 25.0 Å². The standard InChI is InChI=1S/C33H49FO7/c1-4-5-6-7-8-9-10-11-12-13-29(39)41-28-20-31(3)25(19-26(37)33(31,40)27(38)21-35)24-15-14-22-18-23(36)16-17-30(22,2)32(24,28)34/h16-18,24-26,28,35,37,40H,4-15,19-21H2,1-3H3/t24-,25-,26+,28-,30-,31-,32-,33-/m0/s1. The van der Waals surface area contributed by atoms with Gasteiger partial charge in [-0.05, 0) is 57.1 Å². The minimum atomic E-state index is -2.29. The molecule has 0 unspecified atom stereocenters. The van der Waals surface area contributed by atoms with Crippen LogP contribution in [0.2, 0.25) is 0 Å². The number of carbonyl (C=O) groups excluding carboxylic acids is 3. The number of carbonyl (C=O) groups is 3. The fourth-order valence-corrected chi connectivity index (χ4v) is 8.74. The highest BCUT2D eigenvalue weighted by Gasteiger charge is 2.77. The van der Waals surface area contributed by atoms with Crippen molar-refractivity contribution < 1.29 is 38.8 Å². The highest BCUT2D eigenvalue weighted by atomic mass is 19.1. The number of ether oxygens (including phenoxy) is 1. The van der Waals surface area contributed by atoms with Gasteiger partial charge in [0.2, 0.25) is 0 Å². The van der Waals surface area contributed by atoms with Gasteiger partial charge in [0.05, 0.1) is 6.10 Å². The van der Waals surface area contributed by atoms with Crippen LogP contribution >= 0.6 is 0 Å². The molecular formula is C33H49FO7. The Labute approximate surface area is 243 Å². The van der Waals surface area contributed by atoms with Crippen LogP contribution in [0.5, 0.6) is 0 Å². The maximum Gasteiger partial charge on any atom is 0.306 e. The van der Waals surface area contributed by atoms with Gasteiger partial charge in [-0.2, -0.15) is 0 Å². The first-order chi connectivity index (χ1) is 19.4. The van der Waals surface area contributed by atoms with E-state index < -0.39 is 64.5 Å². The Morgan fingerprint density at radius 1 is 1.05 bits per heavy atom. The average molecular weight is 577 g/mol. The van der Waals surface area contributed by atoms with Gasteiger partial charge in [0.15, 0.2) is 22.8 Å². The molecule has 0 aromatic rings. The number of hydrogen-bond donors (Lipinski definition) is 3. The van der Waals surface area contributed by atoms with Crippen LogP contribution in [0.4, 0.5) is 4.39 Å². The van der Waals surface area contributed by atoms with Gasteiger partial charge in [0.25, 0.3) is 0 Å². The number of aliphatic hydroxyl groups excluding tert-OH is 2. The molecule has 8 atom stereocenters. The highest BCUT2D eigenvalue weighted by molar-refractivity contribution is 6.01. The smallest absolute Gasteiger partial charge is 0.306 e. The second-order valence-electron chi connectivity index (χ2n) is 13.4. The summed E-state index contributed by atoms with van der Waals surface area (Å²) in [5.74, 6) is -2.99. The molecule has 0 spiro atoms. The Morgan fingerprint density at radius 3 is 2.32 bits per heavy atom.